The number of methoxy groups -OCH3 is 1. The fraction of sp³-hybridized carbons (Fsp3) is 0.100. The molecular weight excluding hydrogens is 414 g/mol. The maximum absolute atomic E-state index is 13.0. The van der Waals surface area contributed by atoms with Gasteiger partial charge < -0.3 is 10.1 Å². The molecule has 1 aromatic heterocycles. The van der Waals surface area contributed by atoms with E-state index in [0.717, 1.165) is 4.31 Å². The Morgan fingerprint density at radius 2 is 1.83 bits per heavy atom. The first-order chi connectivity index (χ1) is 13.8. The van der Waals surface area contributed by atoms with Gasteiger partial charge >= 0.3 is 0 Å². The molecule has 7 nitrogen and oxygen atoms in total. The quantitative estimate of drug-likeness (QED) is 0.640. The Labute approximate surface area is 174 Å². The van der Waals surface area contributed by atoms with E-state index in [1.807, 2.05) is 0 Å². The van der Waals surface area contributed by atoms with Crippen LogP contribution >= 0.6 is 11.6 Å². The van der Waals surface area contributed by atoms with Crippen molar-refractivity contribution in [2.45, 2.75) is 4.90 Å². The van der Waals surface area contributed by atoms with Crippen molar-refractivity contribution in [2.75, 3.05) is 23.8 Å². The largest absolute Gasteiger partial charge is 0.497 e. The van der Waals surface area contributed by atoms with Crippen molar-refractivity contribution in [3.8, 4) is 5.75 Å². The highest BCUT2D eigenvalue weighted by Crippen LogP contribution is 2.25. The van der Waals surface area contributed by atoms with Gasteiger partial charge in [0.2, 0.25) is 0 Å². The molecule has 29 heavy (non-hydrogen) atoms. The summed E-state index contributed by atoms with van der Waals surface area (Å²) in [7, 11) is -0.887. The summed E-state index contributed by atoms with van der Waals surface area (Å²) in [5, 5.41) is 3.05. The van der Waals surface area contributed by atoms with Crippen molar-refractivity contribution in [3.63, 3.8) is 0 Å². The molecule has 0 bridgehead atoms. The van der Waals surface area contributed by atoms with E-state index in [-0.39, 0.29) is 10.5 Å². The Balaban J connectivity index is 1.84. The second-order valence-corrected chi connectivity index (χ2v) is 8.42. The molecule has 0 unspecified atom stereocenters. The summed E-state index contributed by atoms with van der Waals surface area (Å²) in [6, 6.07) is 15.6. The van der Waals surface area contributed by atoms with Crippen molar-refractivity contribution in [1.82, 2.24) is 4.98 Å². The van der Waals surface area contributed by atoms with Gasteiger partial charge in [-0.05, 0) is 54.6 Å². The van der Waals surface area contributed by atoms with Crippen LogP contribution < -0.4 is 14.4 Å². The minimum Gasteiger partial charge on any atom is -0.497 e. The first-order valence-corrected chi connectivity index (χ1v) is 10.3. The average Bonchev–Trinajstić information content (AvgIpc) is 2.75. The van der Waals surface area contributed by atoms with Gasteiger partial charge in [0.25, 0.3) is 15.9 Å². The summed E-state index contributed by atoms with van der Waals surface area (Å²) < 4.78 is 32.2. The summed E-state index contributed by atoms with van der Waals surface area (Å²) in [6.07, 6.45) is 1.40. The van der Waals surface area contributed by atoms with Crippen LogP contribution in [-0.2, 0) is 10.0 Å². The standard InChI is InChI=1S/C20H18ClN3O4S/c1-24(16-7-9-17(28-2)10-8-16)29(26,27)18-5-3-4-14(12-18)20(25)23-19-11-6-15(21)13-22-19/h3-13H,1-2H3,(H,22,23,25). The van der Waals surface area contributed by atoms with Gasteiger partial charge in [-0.3, -0.25) is 9.10 Å². The molecule has 0 aliphatic carbocycles. The number of nitrogens with zero attached hydrogens (tertiary/aromatic N) is 2. The Morgan fingerprint density at radius 3 is 2.45 bits per heavy atom. The predicted molar refractivity (Wildman–Crippen MR) is 112 cm³/mol. The van der Waals surface area contributed by atoms with Gasteiger partial charge in [-0.1, -0.05) is 17.7 Å². The zero-order chi connectivity index (χ0) is 21.0. The van der Waals surface area contributed by atoms with Crippen molar-refractivity contribution in [1.29, 1.82) is 0 Å². The number of ether oxygens (including phenoxy) is 1. The Bertz CT molecular complexity index is 1120. The number of hydrogen-bond donors (Lipinski definition) is 1. The monoisotopic (exact) mass is 431 g/mol. The molecule has 2 aromatic carbocycles. The molecule has 0 saturated heterocycles. The van der Waals surface area contributed by atoms with Crippen LogP contribution in [0, 0.1) is 0 Å². The summed E-state index contributed by atoms with van der Waals surface area (Å²) in [5.41, 5.74) is 0.650. The molecule has 0 fully saturated rings. The van der Waals surface area contributed by atoms with Crippen molar-refractivity contribution < 1.29 is 17.9 Å². The maximum atomic E-state index is 13.0. The van der Waals surface area contributed by atoms with Crippen LogP contribution in [0.3, 0.4) is 0 Å². The number of halogens is 1. The molecule has 0 saturated carbocycles. The topological polar surface area (TPSA) is 88.6 Å². The zero-order valence-corrected chi connectivity index (χ0v) is 17.2. The lowest BCUT2D eigenvalue weighted by atomic mass is 10.2. The number of amides is 1. The Kier molecular flexibility index (Phi) is 6.05. The van der Waals surface area contributed by atoms with Crippen LogP contribution in [0.1, 0.15) is 10.4 Å². The number of aromatic nitrogens is 1. The highest BCUT2D eigenvalue weighted by atomic mass is 35.5. The molecule has 0 aliphatic rings. The van der Waals surface area contributed by atoms with Gasteiger partial charge in [0.1, 0.15) is 11.6 Å². The van der Waals surface area contributed by atoms with Gasteiger partial charge in [-0.15, -0.1) is 0 Å². The highest BCUT2D eigenvalue weighted by molar-refractivity contribution is 7.92. The molecule has 0 spiro atoms. The summed E-state index contributed by atoms with van der Waals surface area (Å²) in [6.45, 7) is 0. The molecule has 1 N–H and O–H groups in total. The summed E-state index contributed by atoms with van der Waals surface area (Å²) in [4.78, 5) is 16.5. The summed E-state index contributed by atoms with van der Waals surface area (Å²) in [5.74, 6) is 0.445. The normalized spacial score (nSPS) is 11.0. The molecule has 0 radical (unpaired) electrons. The minimum atomic E-state index is -3.87. The molecule has 0 aliphatic heterocycles. The number of anilines is 2. The minimum absolute atomic E-state index is 0.00691. The molecule has 3 rings (SSSR count). The van der Waals surface area contributed by atoms with Crippen LogP contribution in [0.15, 0.2) is 71.8 Å². The number of nitrogens with one attached hydrogen (secondary N) is 1. The second kappa shape index (κ2) is 8.50. The fourth-order valence-electron chi connectivity index (χ4n) is 2.53. The van der Waals surface area contributed by atoms with Gasteiger partial charge in [0, 0.05) is 18.8 Å². The number of benzene rings is 2. The van der Waals surface area contributed by atoms with E-state index in [1.165, 1.54) is 44.6 Å². The lowest BCUT2D eigenvalue weighted by Gasteiger charge is -2.20. The summed E-state index contributed by atoms with van der Waals surface area (Å²) >= 11 is 5.78. The lowest BCUT2D eigenvalue weighted by Crippen LogP contribution is -2.26. The van der Waals surface area contributed by atoms with E-state index in [9.17, 15) is 13.2 Å². The maximum Gasteiger partial charge on any atom is 0.264 e. The van der Waals surface area contributed by atoms with Gasteiger partial charge in [0.05, 0.1) is 22.7 Å². The number of sulfonamides is 1. The molecule has 0 atom stereocenters. The second-order valence-electron chi connectivity index (χ2n) is 6.01. The third-order valence-electron chi connectivity index (χ3n) is 4.16. The lowest BCUT2D eigenvalue weighted by molar-refractivity contribution is 0.102. The van der Waals surface area contributed by atoms with E-state index in [4.69, 9.17) is 16.3 Å². The van der Waals surface area contributed by atoms with E-state index in [0.29, 0.717) is 22.3 Å². The van der Waals surface area contributed by atoms with Crippen LogP contribution in [0.2, 0.25) is 5.02 Å². The highest BCUT2D eigenvalue weighted by Gasteiger charge is 2.22. The predicted octanol–water partition coefficient (Wildman–Crippen LogP) is 3.82. The molecular formula is C20H18ClN3O4S. The molecule has 9 heteroatoms. The average molecular weight is 432 g/mol. The van der Waals surface area contributed by atoms with E-state index in [1.54, 1.807) is 36.4 Å². The molecule has 3 aromatic rings. The first kappa shape index (κ1) is 20.6. The number of hydrogen-bond acceptors (Lipinski definition) is 5. The van der Waals surface area contributed by atoms with Gasteiger partial charge in [0.15, 0.2) is 0 Å². The molecule has 150 valence electrons. The van der Waals surface area contributed by atoms with Crippen molar-refractivity contribution in [3.05, 3.63) is 77.4 Å². The Morgan fingerprint density at radius 1 is 1.10 bits per heavy atom. The van der Waals surface area contributed by atoms with E-state index in [2.05, 4.69) is 10.3 Å². The van der Waals surface area contributed by atoms with Crippen LogP contribution in [-0.4, -0.2) is 33.5 Å². The van der Waals surface area contributed by atoms with Crippen molar-refractivity contribution >= 4 is 39.0 Å². The van der Waals surface area contributed by atoms with E-state index >= 15 is 0 Å². The van der Waals surface area contributed by atoms with Gasteiger partial charge in [-0.25, -0.2) is 13.4 Å². The van der Waals surface area contributed by atoms with E-state index < -0.39 is 15.9 Å². The zero-order valence-electron chi connectivity index (χ0n) is 15.7. The number of carbonyl (C=O) groups excluding carboxylic acids is 1. The number of pyridine rings is 1. The SMILES string of the molecule is COc1ccc(N(C)S(=O)(=O)c2cccc(C(=O)Nc3ccc(Cl)cn3)c2)cc1. The number of carbonyl (C=O) groups is 1. The van der Waals surface area contributed by atoms with Crippen molar-refractivity contribution in [2.24, 2.45) is 0 Å². The van der Waals surface area contributed by atoms with Crippen LogP contribution in [0.4, 0.5) is 11.5 Å². The van der Waals surface area contributed by atoms with Crippen LogP contribution in [0.25, 0.3) is 0 Å². The Hall–Kier alpha value is -3.10. The smallest absolute Gasteiger partial charge is 0.264 e. The third kappa shape index (κ3) is 4.67. The third-order valence-corrected chi connectivity index (χ3v) is 6.16. The van der Waals surface area contributed by atoms with Gasteiger partial charge in [-0.2, -0.15) is 0 Å². The first-order valence-electron chi connectivity index (χ1n) is 8.47. The number of rotatable bonds is 6. The van der Waals surface area contributed by atoms with Crippen LogP contribution in [0.5, 0.6) is 5.75 Å². The molecule has 1 amide bonds. The fourth-order valence-corrected chi connectivity index (χ4v) is 3.88. The molecule has 1 heterocycles.